The molecule has 2 aromatic rings. The molecule has 0 saturated heterocycles. The molecule has 0 aliphatic carbocycles. The lowest BCUT2D eigenvalue weighted by Gasteiger charge is -2.13. The first-order chi connectivity index (χ1) is 11.1. The molecule has 5 nitrogen and oxygen atoms in total. The van der Waals surface area contributed by atoms with E-state index in [0.29, 0.717) is 24.7 Å². The molecule has 1 heterocycles. The second-order valence-electron chi connectivity index (χ2n) is 4.53. The van der Waals surface area contributed by atoms with E-state index in [9.17, 15) is 0 Å². The van der Waals surface area contributed by atoms with Crippen LogP contribution in [0.5, 0.6) is 11.5 Å². The second-order valence-corrected chi connectivity index (χ2v) is 6.24. The zero-order valence-electron chi connectivity index (χ0n) is 13.0. The second kappa shape index (κ2) is 8.69. The highest BCUT2D eigenvalue weighted by molar-refractivity contribution is 9.10. The third-order valence-corrected chi connectivity index (χ3v) is 4.12. The Morgan fingerprint density at radius 2 is 2.26 bits per heavy atom. The highest BCUT2D eigenvalue weighted by Gasteiger charge is 2.11. The molecule has 0 aliphatic rings. The van der Waals surface area contributed by atoms with Crippen molar-refractivity contribution >= 4 is 38.6 Å². The Bertz CT molecular complexity index is 701. The van der Waals surface area contributed by atoms with E-state index in [1.165, 1.54) is 11.3 Å². The quantitative estimate of drug-likeness (QED) is 0.402. The predicted molar refractivity (Wildman–Crippen MR) is 99.1 cm³/mol. The van der Waals surface area contributed by atoms with Crippen molar-refractivity contribution in [3.05, 3.63) is 45.9 Å². The average molecular weight is 396 g/mol. The SMILES string of the molecule is C=CCOc1c(Br)cc(C=NNc2nc(C)cs2)cc1OCC. The standard InChI is InChI=1S/C16H18BrN3O2S/c1-4-6-22-15-13(17)7-12(8-14(15)21-5-2)9-18-20-16-19-11(3)10-23-16/h4,7-10H,1,5-6H2,2-3H3,(H,19,20). The molecule has 0 radical (unpaired) electrons. The van der Waals surface area contributed by atoms with Gasteiger partial charge in [-0.2, -0.15) is 5.10 Å². The summed E-state index contributed by atoms with van der Waals surface area (Å²) in [7, 11) is 0. The average Bonchev–Trinajstić information content (AvgIpc) is 2.92. The molecule has 122 valence electrons. The van der Waals surface area contributed by atoms with Crippen molar-refractivity contribution in [2.24, 2.45) is 5.10 Å². The van der Waals surface area contributed by atoms with E-state index >= 15 is 0 Å². The molecule has 1 aromatic heterocycles. The van der Waals surface area contributed by atoms with Gasteiger partial charge in [0.1, 0.15) is 6.61 Å². The van der Waals surface area contributed by atoms with Crippen LogP contribution in [0.2, 0.25) is 0 Å². The van der Waals surface area contributed by atoms with Crippen LogP contribution in [0, 0.1) is 6.92 Å². The van der Waals surface area contributed by atoms with Gasteiger partial charge >= 0.3 is 0 Å². The number of aryl methyl sites for hydroxylation is 1. The van der Waals surface area contributed by atoms with E-state index < -0.39 is 0 Å². The fraction of sp³-hybridized carbons (Fsp3) is 0.250. The van der Waals surface area contributed by atoms with E-state index in [1.54, 1.807) is 12.3 Å². The first kappa shape index (κ1) is 17.5. The van der Waals surface area contributed by atoms with Gasteiger partial charge in [0.15, 0.2) is 11.5 Å². The minimum atomic E-state index is 0.414. The summed E-state index contributed by atoms with van der Waals surface area (Å²) in [5.74, 6) is 1.32. The van der Waals surface area contributed by atoms with Crippen LogP contribution in [0.1, 0.15) is 18.2 Å². The van der Waals surface area contributed by atoms with Crippen LogP contribution in [-0.4, -0.2) is 24.4 Å². The summed E-state index contributed by atoms with van der Waals surface area (Å²) < 4.78 is 12.1. The Morgan fingerprint density at radius 1 is 1.43 bits per heavy atom. The van der Waals surface area contributed by atoms with Gasteiger partial charge in [0.05, 0.1) is 23.0 Å². The molecule has 7 heteroatoms. The van der Waals surface area contributed by atoms with Gasteiger partial charge in [0, 0.05) is 5.38 Å². The van der Waals surface area contributed by atoms with Crippen molar-refractivity contribution in [2.45, 2.75) is 13.8 Å². The van der Waals surface area contributed by atoms with E-state index in [1.807, 2.05) is 31.4 Å². The number of hydrogen-bond donors (Lipinski definition) is 1. The van der Waals surface area contributed by atoms with Gasteiger partial charge in [-0.1, -0.05) is 12.7 Å². The molecule has 1 aromatic carbocycles. The summed E-state index contributed by atoms with van der Waals surface area (Å²) in [5.41, 5.74) is 4.76. The van der Waals surface area contributed by atoms with E-state index in [4.69, 9.17) is 9.47 Å². The van der Waals surface area contributed by atoms with Gasteiger partial charge in [0.25, 0.3) is 0 Å². The number of hydrazone groups is 1. The molecule has 0 aliphatic heterocycles. The fourth-order valence-corrected chi connectivity index (χ4v) is 2.99. The molecule has 0 atom stereocenters. The number of hydrogen-bond acceptors (Lipinski definition) is 6. The van der Waals surface area contributed by atoms with E-state index in [-0.39, 0.29) is 0 Å². The van der Waals surface area contributed by atoms with Crippen LogP contribution >= 0.6 is 27.3 Å². The molecule has 0 fully saturated rings. The lowest BCUT2D eigenvalue weighted by molar-refractivity contribution is 0.295. The van der Waals surface area contributed by atoms with Crippen molar-refractivity contribution in [1.82, 2.24) is 4.98 Å². The largest absolute Gasteiger partial charge is 0.490 e. The first-order valence-electron chi connectivity index (χ1n) is 7.05. The van der Waals surface area contributed by atoms with Gasteiger partial charge in [-0.25, -0.2) is 4.98 Å². The van der Waals surface area contributed by atoms with Crippen molar-refractivity contribution in [3.8, 4) is 11.5 Å². The highest BCUT2D eigenvalue weighted by atomic mass is 79.9. The Labute approximate surface area is 148 Å². The number of aromatic nitrogens is 1. The molecule has 2 rings (SSSR count). The summed E-state index contributed by atoms with van der Waals surface area (Å²) >= 11 is 5.02. The minimum absolute atomic E-state index is 0.414. The van der Waals surface area contributed by atoms with Gasteiger partial charge in [-0.3, -0.25) is 5.43 Å². The van der Waals surface area contributed by atoms with Gasteiger partial charge < -0.3 is 9.47 Å². The number of benzene rings is 1. The Balaban J connectivity index is 2.16. The van der Waals surface area contributed by atoms with Crippen molar-refractivity contribution in [1.29, 1.82) is 0 Å². The van der Waals surface area contributed by atoms with Crippen LogP contribution < -0.4 is 14.9 Å². The number of thiazole rings is 1. The van der Waals surface area contributed by atoms with Crippen LogP contribution in [0.15, 0.2) is 39.7 Å². The molecule has 1 N–H and O–H groups in total. The lowest BCUT2D eigenvalue weighted by Crippen LogP contribution is -2.01. The third-order valence-electron chi connectivity index (χ3n) is 2.67. The van der Waals surface area contributed by atoms with Crippen LogP contribution in [-0.2, 0) is 0 Å². The summed E-state index contributed by atoms with van der Waals surface area (Å²) in [4.78, 5) is 4.28. The number of anilines is 1. The Hall–Kier alpha value is -1.86. The normalized spacial score (nSPS) is 10.7. The van der Waals surface area contributed by atoms with Crippen LogP contribution in [0.4, 0.5) is 5.13 Å². The molecule has 0 spiro atoms. The minimum Gasteiger partial charge on any atom is -0.490 e. The molecule has 0 bridgehead atoms. The number of rotatable bonds is 8. The summed E-state index contributed by atoms with van der Waals surface area (Å²) in [6.07, 6.45) is 3.40. The fourth-order valence-electron chi connectivity index (χ4n) is 1.78. The summed E-state index contributed by atoms with van der Waals surface area (Å²) in [5, 5.41) is 6.92. The zero-order chi connectivity index (χ0) is 16.7. The highest BCUT2D eigenvalue weighted by Crippen LogP contribution is 2.36. The molecule has 0 unspecified atom stereocenters. The van der Waals surface area contributed by atoms with Gasteiger partial charge in [0.2, 0.25) is 5.13 Å². The molecule has 0 amide bonds. The molecule has 23 heavy (non-hydrogen) atoms. The summed E-state index contributed by atoms with van der Waals surface area (Å²) in [6.45, 7) is 8.49. The van der Waals surface area contributed by atoms with Crippen molar-refractivity contribution in [3.63, 3.8) is 0 Å². The number of nitrogens with zero attached hydrogens (tertiary/aromatic N) is 2. The summed E-state index contributed by atoms with van der Waals surface area (Å²) in [6, 6.07) is 3.80. The maximum absolute atomic E-state index is 5.64. The number of nitrogens with one attached hydrogen (secondary N) is 1. The lowest BCUT2D eigenvalue weighted by atomic mass is 10.2. The monoisotopic (exact) mass is 395 g/mol. The molecular formula is C16H18BrN3O2S. The maximum atomic E-state index is 5.64. The topological polar surface area (TPSA) is 55.7 Å². The van der Waals surface area contributed by atoms with Gasteiger partial charge in [-0.15, -0.1) is 11.3 Å². The van der Waals surface area contributed by atoms with E-state index in [2.05, 4.69) is 38.0 Å². The zero-order valence-corrected chi connectivity index (χ0v) is 15.4. The van der Waals surface area contributed by atoms with Crippen molar-refractivity contribution in [2.75, 3.05) is 18.6 Å². The van der Waals surface area contributed by atoms with Crippen molar-refractivity contribution < 1.29 is 9.47 Å². The smallest absolute Gasteiger partial charge is 0.203 e. The van der Waals surface area contributed by atoms with Crippen LogP contribution in [0.3, 0.4) is 0 Å². The van der Waals surface area contributed by atoms with Crippen LogP contribution in [0.25, 0.3) is 0 Å². The Kier molecular flexibility index (Phi) is 6.61. The first-order valence-corrected chi connectivity index (χ1v) is 8.72. The van der Waals surface area contributed by atoms with E-state index in [0.717, 1.165) is 20.9 Å². The number of ether oxygens (including phenoxy) is 2. The predicted octanol–water partition coefficient (Wildman–Crippen LogP) is 4.62. The molecule has 0 saturated carbocycles. The molecular weight excluding hydrogens is 378 g/mol. The number of halogens is 1. The van der Waals surface area contributed by atoms with Gasteiger partial charge in [-0.05, 0) is 47.5 Å². The third kappa shape index (κ3) is 5.07. The maximum Gasteiger partial charge on any atom is 0.203 e. The Morgan fingerprint density at radius 3 is 2.91 bits per heavy atom.